The lowest BCUT2D eigenvalue weighted by atomic mass is 10.2. The van der Waals surface area contributed by atoms with Crippen LogP contribution in [-0.4, -0.2) is 23.0 Å². The Kier molecular flexibility index (Phi) is 3.49. The molecule has 0 bridgehead atoms. The van der Waals surface area contributed by atoms with Gasteiger partial charge in [-0.25, -0.2) is 19.2 Å². The van der Waals surface area contributed by atoms with Gasteiger partial charge in [-0.1, -0.05) is 0 Å². The van der Waals surface area contributed by atoms with Gasteiger partial charge in [0.15, 0.2) is 5.69 Å². The molecule has 0 atom stereocenters. The number of oxazole rings is 1. The second kappa shape index (κ2) is 5.45. The second-order valence-corrected chi connectivity index (χ2v) is 4.93. The summed E-state index contributed by atoms with van der Waals surface area (Å²) >= 11 is 1.26. The van der Waals surface area contributed by atoms with Crippen LogP contribution in [0.1, 0.15) is 10.5 Å². The number of halogens is 1. The van der Waals surface area contributed by atoms with Crippen molar-refractivity contribution in [2.45, 2.75) is 0 Å². The Balaban J connectivity index is 1.89. The maximum absolute atomic E-state index is 12.9. The molecule has 106 valence electrons. The first kappa shape index (κ1) is 13.4. The van der Waals surface area contributed by atoms with Crippen molar-refractivity contribution in [2.75, 3.05) is 7.11 Å². The molecule has 0 saturated carbocycles. The van der Waals surface area contributed by atoms with E-state index in [9.17, 15) is 9.18 Å². The number of nitrogens with zero attached hydrogens (tertiary/aromatic N) is 2. The maximum atomic E-state index is 12.9. The van der Waals surface area contributed by atoms with Crippen molar-refractivity contribution in [3.05, 3.63) is 47.4 Å². The largest absolute Gasteiger partial charge is 0.464 e. The molecular weight excluding hydrogens is 295 g/mol. The minimum absolute atomic E-state index is 0.226. The van der Waals surface area contributed by atoms with Gasteiger partial charge in [-0.15, -0.1) is 11.3 Å². The number of hydrogen-bond acceptors (Lipinski definition) is 6. The van der Waals surface area contributed by atoms with Gasteiger partial charge in [0.2, 0.25) is 5.89 Å². The summed E-state index contributed by atoms with van der Waals surface area (Å²) in [6.07, 6.45) is 1.44. The average Bonchev–Trinajstić information content (AvgIpc) is 3.16. The Morgan fingerprint density at radius 3 is 2.76 bits per heavy atom. The second-order valence-electron chi connectivity index (χ2n) is 4.07. The van der Waals surface area contributed by atoms with E-state index >= 15 is 0 Å². The van der Waals surface area contributed by atoms with Crippen LogP contribution in [0.2, 0.25) is 0 Å². The van der Waals surface area contributed by atoms with E-state index in [-0.39, 0.29) is 11.5 Å². The van der Waals surface area contributed by atoms with E-state index in [0.717, 1.165) is 0 Å². The van der Waals surface area contributed by atoms with Gasteiger partial charge in [-0.3, -0.25) is 0 Å². The van der Waals surface area contributed by atoms with Crippen LogP contribution in [0.4, 0.5) is 4.39 Å². The molecule has 0 radical (unpaired) electrons. The molecule has 2 heterocycles. The molecule has 0 unspecified atom stereocenters. The van der Waals surface area contributed by atoms with Crippen LogP contribution in [-0.2, 0) is 4.74 Å². The van der Waals surface area contributed by atoms with Gasteiger partial charge in [0, 0.05) is 10.9 Å². The molecule has 3 rings (SSSR count). The fraction of sp³-hybridized carbons (Fsp3) is 0.0714. The molecule has 5 nitrogen and oxygen atoms in total. The standard InChI is InChI=1S/C14H9FN2O3S/c1-19-14(18)11-7-21-13(17-11)10-6-20-12(16-10)8-2-4-9(15)5-3-8/h2-7H,1H3. The molecule has 0 saturated heterocycles. The van der Waals surface area contributed by atoms with Crippen LogP contribution in [0.15, 0.2) is 40.3 Å². The van der Waals surface area contributed by atoms with E-state index in [1.54, 1.807) is 17.5 Å². The third-order valence-corrected chi connectivity index (χ3v) is 3.58. The van der Waals surface area contributed by atoms with Crippen LogP contribution >= 0.6 is 11.3 Å². The zero-order valence-corrected chi connectivity index (χ0v) is 11.7. The van der Waals surface area contributed by atoms with Gasteiger partial charge in [0.25, 0.3) is 0 Å². The van der Waals surface area contributed by atoms with Gasteiger partial charge in [-0.2, -0.15) is 0 Å². The zero-order chi connectivity index (χ0) is 14.8. The normalized spacial score (nSPS) is 10.6. The Morgan fingerprint density at radius 2 is 2.05 bits per heavy atom. The highest BCUT2D eigenvalue weighted by atomic mass is 32.1. The number of rotatable bonds is 3. The monoisotopic (exact) mass is 304 g/mol. The lowest BCUT2D eigenvalue weighted by Gasteiger charge is -1.93. The molecule has 1 aromatic carbocycles. The van der Waals surface area contributed by atoms with E-state index in [1.165, 1.54) is 36.8 Å². The van der Waals surface area contributed by atoms with E-state index in [4.69, 9.17) is 4.42 Å². The zero-order valence-electron chi connectivity index (χ0n) is 10.9. The third kappa shape index (κ3) is 2.68. The number of hydrogen-bond donors (Lipinski definition) is 0. The quantitative estimate of drug-likeness (QED) is 0.694. The summed E-state index contributed by atoms with van der Waals surface area (Å²) in [5, 5.41) is 2.14. The average molecular weight is 304 g/mol. The molecule has 0 amide bonds. The number of carbonyl (C=O) groups is 1. The van der Waals surface area contributed by atoms with Gasteiger partial charge in [0.1, 0.15) is 22.8 Å². The fourth-order valence-corrected chi connectivity index (χ4v) is 2.42. The first-order valence-electron chi connectivity index (χ1n) is 5.93. The molecule has 0 spiro atoms. The minimum atomic E-state index is -0.500. The molecule has 0 aliphatic heterocycles. The van der Waals surface area contributed by atoms with E-state index in [1.807, 2.05) is 0 Å². The number of ether oxygens (including phenoxy) is 1. The number of carbonyl (C=O) groups excluding carboxylic acids is 1. The van der Waals surface area contributed by atoms with Crippen molar-refractivity contribution in [3.8, 4) is 22.2 Å². The van der Waals surface area contributed by atoms with Crippen molar-refractivity contribution >= 4 is 17.3 Å². The lowest BCUT2D eigenvalue weighted by Crippen LogP contribution is -2.00. The predicted octanol–water partition coefficient (Wildman–Crippen LogP) is 3.39. The maximum Gasteiger partial charge on any atom is 0.357 e. The summed E-state index contributed by atoms with van der Waals surface area (Å²) < 4.78 is 22.8. The predicted molar refractivity (Wildman–Crippen MR) is 74.3 cm³/mol. The van der Waals surface area contributed by atoms with Crippen molar-refractivity contribution < 1.29 is 18.3 Å². The Morgan fingerprint density at radius 1 is 1.29 bits per heavy atom. The number of methoxy groups -OCH3 is 1. The molecule has 7 heteroatoms. The molecular formula is C14H9FN2O3S. The van der Waals surface area contributed by atoms with Gasteiger partial charge < -0.3 is 9.15 Å². The molecule has 21 heavy (non-hydrogen) atoms. The first-order chi connectivity index (χ1) is 10.2. The first-order valence-corrected chi connectivity index (χ1v) is 6.81. The van der Waals surface area contributed by atoms with Crippen molar-refractivity contribution in [1.82, 2.24) is 9.97 Å². The van der Waals surface area contributed by atoms with Gasteiger partial charge >= 0.3 is 5.97 Å². The SMILES string of the molecule is COC(=O)c1csc(-c2coc(-c3ccc(F)cc3)n2)n1. The smallest absolute Gasteiger partial charge is 0.357 e. The number of esters is 1. The third-order valence-electron chi connectivity index (χ3n) is 2.71. The topological polar surface area (TPSA) is 65.2 Å². The molecule has 0 N–H and O–H groups in total. The number of benzene rings is 1. The van der Waals surface area contributed by atoms with Crippen LogP contribution < -0.4 is 0 Å². The summed E-state index contributed by atoms with van der Waals surface area (Å²) in [5.74, 6) is -0.465. The molecule has 2 aromatic heterocycles. The number of thiazole rings is 1. The van der Waals surface area contributed by atoms with Crippen molar-refractivity contribution in [3.63, 3.8) is 0 Å². The highest BCUT2D eigenvalue weighted by Gasteiger charge is 2.15. The van der Waals surface area contributed by atoms with Gasteiger partial charge in [0.05, 0.1) is 7.11 Å². The molecule has 0 fully saturated rings. The van der Waals surface area contributed by atoms with E-state index < -0.39 is 5.97 Å². The van der Waals surface area contributed by atoms with Gasteiger partial charge in [-0.05, 0) is 24.3 Å². The Labute approximate surface area is 123 Å². The highest BCUT2D eigenvalue weighted by Crippen LogP contribution is 2.27. The van der Waals surface area contributed by atoms with Crippen LogP contribution in [0.3, 0.4) is 0 Å². The van der Waals surface area contributed by atoms with Crippen molar-refractivity contribution in [2.24, 2.45) is 0 Å². The molecule has 0 aliphatic rings. The summed E-state index contributed by atoms with van der Waals surface area (Å²) in [6.45, 7) is 0. The Bertz CT molecular complexity index is 780. The summed E-state index contributed by atoms with van der Waals surface area (Å²) in [7, 11) is 1.30. The number of aromatic nitrogens is 2. The lowest BCUT2D eigenvalue weighted by molar-refractivity contribution is 0.0595. The minimum Gasteiger partial charge on any atom is -0.464 e. The Hall–Kier alpha value is -2.54. The summed E-state index contributed by atoms with van der Waals surface area (Å²) in [6, 6.07) is 5.81. The van der Waals surface area contributed by atoms with Crippen LogP contribution in [0, 0.1) is 5.82 Å². The van der Waals surface area contributed by atoms with Crippen LogP contribution in [0.5, 0.6) is 0 Å². The molecule has 0 aliphatic carbocycles. The molecule has 3 aromatic rings. The fourth-order valence-electron chi connectivity index (χ4n) is 1.69. The summed E-state index contributed by atoms with van der Waals surface area (Å²) in [5.41, 5.74) is 1.39. The van der Waals surface area contributed by atoms with Crippen molar-refractivity contribution in [1.29, 1.82) is 0 Å². The van der Waals surface area contributed by atoms with E-state index in [2.05, 4.69) is 14.7 Å². The van der Waals surface area contributed by atoms with Crippen LogP contribution in [0.25, 0.3) is 22.2 Å². The summed E-state index contributed by atoms with van der Waals surface area (Å²) in [4.78, 5) is 19.8. The highest BCUT2D eigenvalue weighted by molar-refractivity contribution is 7.13. The van der Waals surface area contributed by atoms with E-state index in [0.29, 0.717) is 22.2 Å².